The Labute approximate surface area is 131 Å². The first-order chi connectivity index (χ1) is 10.6. The zero-order valence-corrected chi connectivity index (χ0v) is 13.2. The lowest BCUT2D eigenvalue weighted by Gasteiger charge is -2.23. The lowest BCUT2D eigenvalue weighted by atomic mass is 10.1. The van der Waals surface area contributed by atoms with Crippen LogP contribution in [0.1, 0.15) is 37.3 Å². The van der Waals surface area contributed by atoms with Gasteiger partial charge in [-0.25, -0.2) is 4.39 Å². The van der Waals surface area contributed by atoms with Gasteiger partial charge in [0.05, 0.1) is 12.7 Å². The second-order valence-corrected chi connectivity index (χ2v) is 5.77. The van der Waals surface area contributed by atoms with Crippen molar-refractivity contribution >= 4 is 5.91 Å². The number of halogens is 1. The van der Waals surface area contributed by atoms with Crippen LogP contribution in [0.15, 0.2) is 18.2 Å². The first kappa shape index (κ1) is 16.9. The maximum atomic E-state index is 13.2. The van der Waals surface area contributed by atoms with Gasteiger partial charge in [-0.15, -0.1) is 0 Å². The van der Waals surface area contributed by atoms with Crippen molar-refractivity contribution in [1.82, 2.24) is 5.32 Å². The maximum Gasteiger partial charge on any atom is 0.249 e. The first-order valence-corrected chi connectivity index (χ1v) is 7.82. The molecule has 1 aliphatic heterocycles. The molecule has 0 bridgehead atoms. The number of benzene rings is 1. The number of rotatable bonds is 6. The van der Waals surface area contributed by atoms with E-state index in [0.29, 0.717) is 18.7 Å². The van der Waals surface area contributed by atoms with Gasteiger partial charge in [0.2, 0.25) is 5.91 Å². The van der Waals surface area contributed by atoms with E-state index >= 15 is 0 Å². The summed E-state index contributed by atoms with van der Waals surface area (Å²) in [6.45, 7) is 5.03. The molecule has 0 radical (unpaired) electrons. The zero-order valence-electron chi connectivity index (χ0n) is 13.2. The summed E-state index contributed by atoms with van der Waals surface area (Å²) in [6.07, 6.45) is 2.82. The lowest BCUT2D eigenvalue weighted by molar-refractivity contribution is -0.135. The highest BCUT2D eigenvalue weighted by molar-refractivity contribution is 5.80. The van der Waals surface area contributed by atoms with E-state index in [0.717, 1.165) is 31.4 Å². The van der Waals surface area contributed by atoms with Crippen molar-refractivity contribution in [2.24, 2.45) is 0 Å². The van der Waals surface area contributed by atoms with Gasteiger partial charge in [0, 0.05) is 13.2 Å². The SMILES string of the molecule is Cc1cc(CNC(=O)C(C)OCC2CCCCO2)ccc1F. The number of carbonyl (C=O) groups excluding carboxylic acids is 1. The van der Waals surface area contributed by atoms with Crippen LogP contribution in [0.25, 0.3) is 0 Å². The quantitative estimate of drug-likeness (QED) is 0.879. The molecule has 0 aromatic heterocycles. The van der Waals surface area contributed by atoms with Crippen LogP contribution in [-0.2, 0) is 20.8 Å². The molecule has 5 heteroatoms. The average molecular weight is 309 g/mol. The van der Waals surface area contributed by atoms with Gasteiger partial charge in [-0.1, -0.05) is 12.1 Å². The van der Waals surface area contributed by atoms with Crippen LogP contribution in [0.4, 0.5) is 4.39 Å². The van der Waals surface area contributed by atoms with Crippen molar-refractivity contribution in [3.63, 3.8) is 0 Å². The molecular weight excluding hydrogens is 285 g/mol. The molecule has 1 saturated heterocycles. The molecule has 1 aromatic rings. The van der Waals surface area contributed by atoms with Crippen LogP contribution in [0.3, 0.4) is 0 Å². The maximum absolute atomic E-state index is 13.2. The Balaban J connectivity index is 1.72. The standard InChI is InChI=1S/C17H24FNO3/c1-12-9-14(6-7-16(12)18)10-19-17(20)13(2)22-11-15-5-3-4-8-21-15/h6-7,9,13,15H,3-5,8,10-11H2,1-2H3,(H,19,20). The van der Waals surface area contributed by atoms with E-state index in [4.69, 9.17) is 9.47 Å². The minimum absolute atomic E-state index is 0.101. The largest absolute Gasteiger partial charge is 0.376 e. The van der Waals surface area contributed by atoms with Crippen LogP contribution in [-0.4, -0.2) is 31.3 Å². The minimum Gasteiger partial charge on any atom is -0.376 e. The summed E-state index contributed by atoms with van der Waals surface area (Å²) >= 11 is 0. The molecule has 122 valence electrons. The number of carbonyl (C=O) groups is 1. The molecular formula is C17H24FNO3. The molecule has 1 fully saturated rings. The fourth-order valence-electron chi connectivity index (χ4n) is 2.42. The smallest absolute Gasteiger partial charge is 0.249 e. The number of nitrogens with one attached hydrogen (secondary N) is 1. The Kier molecular flexibility index (Phi) is 6.34. The normalized spacial score (nSPS) is 19.7. The third kappa shape index (κ3) is 5.07. The van der Waals surface area contributed by atoms with E-state index in [9.17, 15) is 9.18 Å². The van der Waals surface area contributed by atoms with Gasteiger partial charge in [-0.2, -0.15) is 0 Å². The van der Waals surface area contributed by atoms with Gasteiger partial charge in [-0.3, -0.25) is 4.79 Å². The minimum atomic E-state index is -0.521. The molecule has 0 aliphatic carbocycles. The van der Waals surface area contributed by atoms with Gasteiger partial charge >= 0.3 is 0 Å². The molecule has 4 nitrogen and oxygen atoms in total. The molecule has 1 N–H and O–H groups in total. The van der Waals surface area contributed by atoms with Crippen molar-refractivity contribution < 1.29 is 18.7 Å². The molecule has 1 aromatic carbocycles. The summed E-state index contributed by atoms with van der Waals surface area (Å²) in [5.41, 5.74) is 1.44. The van der Waals surface area contributed by atoms with Crippen molar-refractivity contribution in [1.29, 1.82) is 0 Å². The number of amides is 1. The monoisotopic (exact) mass is 309 g/mol. The second kappa shape index (κ2) is 8.25. The third-order valence-electron chi connectivity index (χ3n) is 3.86. The zero-order chi connectivity index (χ0) is 15.9. The molecule has 2 atom stereocenters. The number of hydrogen-bond donors (Lipinski definition) is 1. The van der Waals surface area contributed by atoms with Crippen LogP contribution in [0, 0.1) is 12.7 Å². The molecule has 1 amide bonds. The van der Waals surface area contributed by atoms with Crippen molar-refractivity contribution in [2.75, 3.05) is 13.2 Å². The van der Waals surface area contributed by atoms with Crippen molar-refractivity contribution in [3.8, 4) is 0 Å². The van der Waals surface area contributed by atoms with E-state index in [2.05, 4.69) is 5.32 Å². The Morgan fingerprint density at radius 3 is 3.00 bits per heavy atom. The molecule has 0 saturated carbocycles. The summed E-state index contributed by atoms with van der Waals surface area (Å²) in [6, 6.07) is 4.82. The van der Waals surface area contributed by atoms with E-state index < -0.39 is 6.10 Å². The highest BCUT2D eigenvalue weighted by atomic mass is 19.1. The van der Waals surface area contributed by atoms with Gasteiger partial charge < -0.3 is 14.8 Å². The van der Waals surface area contributed by atoms with Gasteiger partial charge in [0.25, 0.3) is 0 Å². The van der Waals surface area contributed by atoms with Crippen LogP contribution < -0.4 is 5.32 Å². The second-order valence-electron chi connectivity index (χ2n) is 5.77. The topological polar surface area (TPSA) is 47.6 Å². The Morgan fingerprint density at radius 2 is 2.32 bits per heavy atom. The third-order valence-corrected chi connectivity index (χ3v) is 3.86. The summed E-state index contributed by atoms with van der Waals surface area (Å²) in [4.78, 5) is 12.0. The average Bonchev–Trinajstić information content (AvgIpc) is 2.54. The van der Waals surface area contributed by atoms with Crippen molar-refractivity contribution in [2.45, 2.75) is 51.9 Å². The first-order valence-electron chi connectivity index (χ1n) is 7.82. The highest BCUT2D eigenvalue weighted by Crippen LogP contribution is 2.13. The summed E-state index contributed by atoms with van der Waals surface area (Å²) in [7, 11) is 0. The van der Waals surface area contributed by atoms with Crippen LogP contribution in [0.5, 0.6) is 0 Å². The predicted molar refractivity (Wildman–Crippen MR) is 82.0 cm³/mol. The number of ether oxygens (including phenoxy) is 2. The van der Waals surface area contributed by atoms with Crippen LogP contribution in [0.2, 0.25) is 0 Å². The molecule has 1 aliphatic rings. The lowest BCUT2D eigenvalue weighted by Crippen LogP contribution is -2.36. The molecule has 2 rings (SSSR count). The molecule has 0 spiro atoms. The molecule has 22 heavy (non-hydrogen) atoms. The fourth-order valence-corrected chi connectivity index (χ4v) is 2.42. The van der Waals surface area contributed by atoms with Gasteiger partial charge in [-0.05, 0) is 50.3 Å². The van der Waals surface area contributed by atoms with E-state index in [-0.39, 0.29) is 17.8 Å². The highest BCUT2D eigenvalue weighted by Gasteiger charge is 2.18. The fraction of sp³-hybridized carbons (Fsp3) is 0.588. The van der Waals surface area contributed by atoms with E-state index in [1.807, 2.05) is 0 Å². The number of hydrogen-bond acceptors (Lipinski definition) is 3. The van der Waals surface area contributed by atoms with Crippen molar-refractivity contribution in [3.05, 3.63) is 35.1 Å². The Bertz CT molecular complexity index is 501. The molecule has 1 heterocycles. The summed E-state index contributed by atoms with van der Waals surface area (Å²) < 4.78 is 24.3. The van der Waals surface area contributed by atoms with E-state index in [1.165, 1.54) is 6.07 Å². The summed E-state index contributed by atoms with van der Waals surface area (Å²) in [5, 5.41) is 2.81. The predicted octanol–water partition coefficient (Wildman–Crippen LogP) is 2.72. The Hall–Kier alpha value is -1.46. The van der Waals surface area contributed by atoms with E-state index in [1.54, 1.807) is 26.0 Å². The molecule has 2 unspecified atom stereocenters. The Morgan fingerprint density at radius 1 is 1.50 bits per heavy atom. The number of aryl methyl sites for hydroxylation is 1. The van der Waals surface area contributed by atoms with Gasteiger partial charge in [0.15, 0.2) is 0 Å². The van der Waals surface area contributed by atoms with Crippen LogP contribution >= 0.6 is 0 Å². The summed E-state index contributed by atoms with van der Waals surface area (Å²) in [5.74, 6) is -0.406. The van der Waals surface area contributed by atoms with Gasteiger partial charge in [0.1, 0.15) is 11.9 Å².